The molecule has 0 radical (unpaired) electrons. The van der Waals surface area contributed by atoms with Gasteiger partial charge in [0.2, 0.25) is 0 Å². The van der Waals surface area contributed by atoms with Crippen LogP contribution in [0.2, 0.25) is 0 Å². The molecule has 1 aromatic carbocycles. The van der Waals surface area contributed by atoms with Crippen LogP contribution < -0.4 is 10.0 Å². The first-order chi connectivity index (χ1) is 15.7. The van der Waals surface area contributed by atoms with Crippen LogP contribution in [-0.2, 0) is 30.7 Å². The smallest absolute Gasteiger partial charge is 0.329 e. The van der Waals surface area contributed by atoms with Gasteiger partial charge in [0.25, 0.3) is 0 Å². The van der Waals surface area contributed by atoms with Crippen LogP contribution in [0.4, 0.5) is 10.5 Å². The van der Waals surface area contributed by atoms with Crippen molar-refractivity contribution >= 4 is 29.2 Å². The van der Waals surface area contributed by atoms with Gasteiger partial charge in [-0.25, -0.2) is 9.31 Å². The molecule has 2 N–H and O–H groups in total. The van der Waals surface area contributed by atoms with Gasteiger partial charge in [0.05, 0.1) is 36.7 Å². The Bertz CT molecular complexity index is 1300. The summed E-state index contributed by atoms with van der Waals surface area (Å²) < 4.78 is 12.1. The van der Waals surface area contributed by atoms with Crippen LogP contribution in [0.15, 0.2) is 53.8 Å². The Morgan fingerprint density at radius 1 is 1.16 bits per heavy atom. The lowest BCUT2D eigenvalue weighted by molar-refractivity contribution is 0.0799. The summed E-state index contributed by atoms with van der Waals surface area (Å²) >= 11 is 1.22. The van der Waals surface area contributed by atoms with Crippen molar-refractivity contribution in [1.82, 2.24) is 24.1 Å². The zero-order valence-corrected chi connectivity index (χ0v) is 18.2. The lowest BCUT2D eigenvalue weighted by atomic mass is 9.97. The standard InChI is InChI=1S/C23H22N6O2S/c30-23(27-32-21-13-18-14-31-11-10-29(18)26-21)25-22-19-3-1-2-15(19)4-5-20(22)16-7-9-28-17(12-16)6-8-24-28/h4-9,12-13H,1-3,10-11,14H2,(H2,25,27,30). The zero-order valence-electron chi connectivity index (χ0n) is 17.4. The summed E-state index contributed by atoms with van der Waals surface area (Å²) in [5.74, 6) is 0. The number of ether oxygens (including phenoxy) is 1. The van der Waals surface area contributed by atoms with Crippen molar-refractivity contribution in [3.8, 4) is 11.1 Å². The van der Waals surface area contributed by atoms with E-state index in [1.165, 1.54) is 23.1 Å². The van der Waals surface area contributed by atoms with Gasteiger partial charge in [-0.15, -0.1) is 0 Å². The number of hydrogen-bond acceptors (Lipinski definition) is 5. The number of rotatable bonds is 4. The van der Waals surface area contributed by atoms with E-state index in [1.54, 1.807) is 6.20 Å². The number of pyridine rings is 1. The van der Waals surface area contributed by atoms with E-state index in [0.29, 0.717) is 13.2 Å². The maximum atomic E-state index is 12.9. The molecule has 0 saturated heterocycles. The summed E-state index contributed by atoms with van der Waals surface area (Å²) in [4.78, 5) is 12.9. The number of amides is 2. The Morgan fingerprint density at radius 3 is 3.06 bits per heavy atom. The molecule has 1 aliphatic heterocycles. The van der Waals surface area contributed by atoms with Gasteiger partial charge in [-0.3, -0.25) is 9.40 Å². The van der Waals surface area contributed by atoms with Crippen molar-refractivity contribution < 1.29 is 9.53 Å². The third-order valence-electron chi connectivity index (χ3n) is 6.02. The minimum absolute atomic E-state index is 0.260. The van der Waals surface area contributed by atoms with Crippen LogP contribution in [0.25, 0.3) is 16.6 Å². The minimum Gasteiger partial charge on any atom is -0.373 e. The average Bonchev–Trinajstić information content (AvgIpc) is 3.56. The number of carbonyl (C=O) groups excluding carboxylic acids is 1. The van der Waals surface area contributed by atoms with E-state index in [0.717, 1.165) is 58.9 Å². The fraction of sp³-hybridized carbons (Fsp3) is 0.261. The predicted molar refractivity (Wildman–Crippen MR) is 123 cm³/mol. The van der Waals surface area contributed by atoms with E-state index < -0.39 is 0 Å². The maximum absolute atomic E-state index is 12.9. The van der Waals surface area contributed by atoms with Crippen molar-refractivity contribution in [2.75, 3.05) is 11.9 Å². The third kappa shape index (κ3) is 3.53. The molecule has 0 spiro atoms. The number of carbonyl (C=O) groups is 1. The summed E-state index contributed by atoms with van der Waals surface area (Å²) in [5.41, 5.74) is 7.54. The second-order valence-corrected chi connectivity index (χ2v) is 8.83. The Labute approximate surface area is 189 Å². The lowest BCUT2D eigenvalue weighted by Crippen LogP contribution is -2.24. The first kappa shape index (κ1) is 19.4. The highest BCUT2D eigenvalue weighted by Gasteiger charge is 2.21. The van der Waals surface area contributed by atoms with E-state index in [2.05, 4.69) is 38.4 Å². The molecule has 0 saturated carbocycles. The highest BCUT2D eigenvalue weighted by molar-refractivity contribution is 7.97. The molecule has 2 aliphatic rings. The van der Waals surface area contributed by atoms with Gasteiger partial charge < -0.3 is 10.1 Å². The van der Waals surface area contributed by atoms with Gasteiger partial charge in [0.15, 0.2) is 0 Å². The van der Waals surface area contributed by atoms with Crippen LogP contribution in [-0.4, -0.2) is 32.0 Å². The molecule has 6 rings (SSSR count). The van der Waals surface area contributed by atoms with E-state index in [4.69, 9.17) is 4.74 Å². The fourth-order valence-electron chi connectivity index (χ4n) is 4.49. The number of nitrogens with zero attached hydrogens (tertiary/aromatic N) is 4. The molecular weight excluding hydrogens is 424 g/mol. The number of fused-ring (bicyclic) bond motifs is 3. The van der Waals surface area contributed by atoms with Crippen LogP contribution in [0.3, 0.4) is 0 Å². The monoisotopic (exact) mass is 446 g/mol. The molecule has 0 bridgehead atoms. The van der Waals surface area contributed by atoms with E-state index in [9.17, 15) is 4.79 Å². The number of benzene rings is 1. The summed E-state index contributed by atoms with van der Waals surface area (Å²) in [5, 5.41) is 12.7. The molecule has 0 unspecified atom stereocenters. The van der Waals surface area contributed by atoms with Crippen LogP contribution in [0.1, 0.15) is 23.2 Å². The van der Waals surface area contributed by atoms with Crippen molar-refractivity contribution in [3.05, 3.63) is 65.6 Å². The maximum Gasteiger partial charge on any atom is 0.329 e. The summed E-state index contributed by atoms with van der Waals surface area (Å²) in [6.07, 6.45) is 6.85. The second-order valence-electron chi connectivity index (χ2n) is 8.00. The van der Waals surface area contributed by atoms with E-state index in [1.807, 2.05) is 33.6 Å². The summed E-state index contributed by atoms with van der Waals surface area (Å²) in [7, 11) is 0. The molecule has 2 amide bonds. The highest BCUT2D eigenvalue weighted by atomic mass is 32.2. The molecule has 32 heavy (non-hydrogen) atoms. The van der Waals surface area contributed by atoms with Gasteiger partial charge >= 0.3 is 6.03 Å². The molecule has 4 heterocycles. The third-order valence-corrected chi connectivity index (χ3v) is 6.71. The largest absolute Gasteiger partial charge is 0.373 e. The van der Waals surface area contributed by atoms with Crippen molar-refractivity contribution in [1.29, 1.82) is 0 Å². The topological polar surface area (TPSA) is 85.5 Å². The Balaban J connectivity index is 1.26. The van der Waals surface area contributed by atoms with E-state index in [-0.39, 0.29) is 6.03 Å². The Morgan fingerprint density at radius 2 is 2.12 bits per heavy atom. The molecular formula is C23H22N6O2S. The van der Waals surface area contributed by atoms with Crippen LogP contribution in [0, 0.1) is 0 Å². The molecule has 9 heteroatoms. The van der Waals surface area contributed by atoms with E-state index >= 15 is 0 Å². The molecule has 0 fully saturated rings. The quantitative estimate of drug-likeness (QED) is 0.462. The van der Waals surface area contributed by atoms with Crippen molar-refractivity contribution in [2.24, 2.45) is 0 Å². The number of aryl methyl sites for hydroxylation is 1. The number of urea groups is 1. The van der Waals surface area contributed by atoms with Gasteiger partial charge in [-0.2, -0.15) is 10.2 Å². The van der Waals surface area contributed by atoms with Gasteiger partial charge in [0, 0.05) is 29.9 Å². The number of aromatic nitrogens is 4. The first-order valence-electron chi connectivity index (χ1n) is 10.7. The van der Waals surface area contributed by atoms with Gasteiger partial charge in [0.1, 0.15) is 5.03 Å². The van der Waals surface area contributed by atoms with Crippen molar-refractivity contribution in [2.45, 2.75) is 37.4 Å². The second kappa shape index (κ2) is 7.99. The molecule has 0 atom stereocenters. The molecule has 162 valence electrons. The van der Waals surface area contributed by atoms with Crippen LogP contribution in [0.5, 0.6) is 0 Å². The molecule has 4 aromatic rings. The fourth-order valence-corrected chi connectivity index (χ4v) is 5.08. The predicted octanol–water partition coefficient (Wildman–Crippen LogP) is 4.05. The molecule has 8 nitrogen and oxygen atoms in total. The minimum atomic E-state index is -0.260. The normalized spacial score (nSPS) is 14.9. The van der Waals surface area contributed by atoms with Crippen molar-refractivity contribution in [3.63, 3.8) is 0 Å². The zero-order chi connectivity index (χ0) is 21.5. The number of hydrogen-bond donors (Lipinski definition) is 2. The van der Waals surface area contributed by atoms with Crippen LogP contribution >= 0.6 is 11.9 Å². The molecule has 1 aliphatic carbocycles. The number of anilines is 1. The number of nitrogens with one attached hydrogen (secondary N) is 2. The lowest BCUT2D eigenvalue weighted by Gasteiger charge is -2.16. The first-order valence-corrected chi connectivity index (χ1v) is 11.5. The Kier molecular flexibility index (Phi) is 4.84. The molecule has 3 aromatic heterocycles. The Hall–Kier alpha value is -3.30. The SMILES string of the molecule is O=C(NSc1cc2n(n1)CCOC2)Nc1c(-c2ccn3nccc3c2)ccc2c1CCC2. The highest BCUT2D eigenvalue weighted by Crippen LogP contribution is 2.38. The van der Waals surface area contributed by atoms with Gasteiger partial charge in [-0.1, -0.05) is 12.1 Å². The van der Waals surface area contributed by atoms with Gasteiger partial charge in [-0.05, 0) is 60.2 Å². The summed E-state index contributed by atoms with van der Waals surface area (Å²) in [6, 6.07) is 12.1. The summed E-state index contributed by atoms with van der Waals surface area (Å²) in [6.45, 7) is 1.96. The average molecular weight is 447 g/mol.